The van der Waals surface area contributed by atoms with Crippen LogP contribution >= 0.6 is 18.4 Å². The molecule has 0 N–H and O–H groups in total. The Kier molecular flexibility index (Phi) is 11.6. The molecule has 0 fully saturated rings. The van der Waals surface area contributed by atoms with Gasteiger partial charge in [0.25, 0.3) is 0 Å². The molecular weight excluding hydrogens is 396 g/mol. The Labute approximate surface area is 111 Å². The molecule has 0 aliphatic heterocycles. The normalized spacial score (nSPS) is 15.4. The molecule has 0 aromatic heterocycles. The topological polar surface area (TPSA) is 0 Å². The molecule has 86 valence electrons. The molecule has 0 aromatic carbocycles. The maximum atomic E-state index is 4.94. The summed E-state index contributed by atoms with van der Waals surface area (Å²) in [6, 6.07) is 0. The average Bonchev–Trinajstić information content (AvgIpc) is 2.41. The molecule has 1 aliphatic rings. The van der Waals surface area contributed by atoms with Crippen LogP contribution in [0.3, 0.4) is 0 Å². The first-order valence-corrected chi connectivity index (χ1v) is 12.6. The van der Waals surface area contributed by atoms with Crippen LogP contribution < -0.4 is 0 Å². The number of hydrogen-bond donors (Lipinski definition) is 0. The minimum absolute atomic E-state index is 0.889. The van der Waals surface area contributed by atoms with Gasteiger partial charge >= 0.3 is 36.0 Å². The van der Waals surface area contributed by atoms with Gasteiger partial charge in [0.05, 0.1) is 0 Å². The Bertz CT molecular complexity index is 230. The average molecular weight is 415 g/mol. The molecule has 1 rings (SSSR count). The van der Waals surface area contributed by atoms with Crippen molar-refractivity contribution in [3.8, 4) is 0 Å². The summed E-state index contributed by atoms with van der Waals surface area (Å²) < 4.78 is 0. The van der Waals surface area contributed by atoms with E-state index >= 15 is 0 Å². The van der Waals surface area contributed by atoms with E-state index < -0.39 is 17.6 Å². The van der Waals surface area contributed by atoms with E-state index in [0.717, 1.165) is 0 Å². The molecule has 3 heteroatoms. The van der Waals surface area contributed by atoms with Crippen LogP contribution in [-0.4, -0.2) is 0 Å². The Morgan fingerprint density at radius 1 is 0.733 bits per heavy atom. The molecule has 1 radical (unpaired) electrons. The van der Waals surface area contributed by atoms with Crippen molar-refractivity contribution in [3.63, 3.8) is 0 Å². The van der Waals surface area contributed by atoms with Gasteiger partial charge in [-0.1, -0.05) is 18.1 Å². The zero-order valence-electron chi connectivity index (χ0n) is 10.1. The van der Waals surface area contributed by atoms with Gasteiger partial charge in [-0.15, -0.1) is 13.2 Å². The van der Waals surface area contributed by atoms with E-state index in [4.69, 9.17) is 18.4 Å². The van der Waals surface area contributed by atoms with E-state index in [0.29, 0.717) is 0 Å². The van der Waals surface area contributed by atoms with E-state index in [1.165, 1.54) is 28.2 Å². The summed E-state index contributed by atoms with van der Waals surface area (Å²) in [4.78, 5) is 0. The molecule has 0 aromatic rings. The summed E-state index contributed by atoms with van der Waals surface area (Å²) >= 11 is -0.889. The van der Waals surface area contributed by atoms with Gasteiger partial charge in [0.1, 0.15) is 0 Å². The second-order valence-electron chi connectivity index (χ2n) is 3.19. The maximum absolute atomic E-state index is 4.94. The van der Waals surface area contributed by atoms with Crippen LogP contribution in [0.1, 0.15) is 34.6 Å². The van der Waals surface area contributed by atoms with E-state index in [9.17, 15) is 0 Å². The third kappa shape index (κ3) is 5.42. The van der Waals surface area contributed by atoms with Crippen LogP contribution in [0.15, 0.2) is 35.5 Å². The van der Waals surface area contributed by atoms with Gasteiger partial charge in [0.2, 0.25) is 0 Å². The second kappa shape index (κ2) is 9.74. The molecule has 0 spiro atoms. The van der Waals surface area contributed by atoms with Gasteiger partial charge in [-0.3, -0.25) is 0 Å². The molecule has 0 nitrogen and oxygen atoms in total. The predicted molar refractivity (Wildman–Crippen MR) is 68.6 cm³/mol. The fraction of sp³-hybridized carbons (Fsp3) is 0.417. The van der Waals surface area contributed by atoms with Crippen LogP contribution in [-0.2, 0) is 17.6 Å². The van der Waals surface area contributed by atoms with Crippen molar-refractivity contribution in [3.05, 3.63) is 41.4 Å². The molecule has 0 unspecified atom stereocenters. The summed E-state index contributed by atoms with van der Waals surface area (Å²) in [5, 5.41) is 0. The quantitative estimate of drug-likeness (QED) is 0.462. The first-order valence-electron chi connectivity index (χ1n) is 4.59. The third-order valence-electron chi connectivity index (χ3n) is 2.81. The molecule has 15 heavy (non-hydrogen) atoms. The molecular formula is C12H19Cl2Ta. The van der Waals surface area contributed by atoms with Gasteiger partial charge < -0.3 is 0 Å². The number of halogens is 2. The van der Waals surface area contributed by atoms with Crippen molar-refractivity contribution < 1.29 is 17.6 Å². The van der Waals surface area contributed by atoms with Gasteiger partial charge in [-0.05, 0) is 38.8 Å². The Hall–Kier alpha value is 0.540. The summed E-state index contributed by atoms with van der Waals surface area (Å²) in [5.41, 5.74) is 5.87. The molecule has 0 heterocycles. The predicted octanol–water partition coefficient (Wildman–Crippen LogP) is 5.45. The van der Waals surface area contributed by atoms with Crippen molar-refractivity contribution in [2.45, 2.75) is 34.6 Å². The van der Waals surface area contributed by atoms with Crippen LogP contribution in [0.25, 0.3) is 0 Å². The number of allylic oxidation sites excluding steroid dienone is 4. The summed E-state index contributed by atoms with van der Waals surface area (Å²) in [6.07, 6.45) is 0. The fourth-order valence-electron chi connectivity index (χ4n) is 1.41. The van der Waals surface area contributed by atoms with E-state index in [1.54, 1.807) is 0 Å². The van der Waals surface area contributed by atoms with Crippen molar-refractivity contribution in [1.29, 1.82) is 0 Å². The van der Waals surface area contributed by atoms with Crippen molar-refractivity contribution in [2.24, 2.45) is 0 Å². The number of rotatable bonds is 0. The van der Waals surface area contributed by atoms with Crippen LogP contribution in [0.2, 0.25) is 0 Å². The van der Waals surface area contributed by atoms with Crippen molar-refractivity contribution in [2.75, 3.05) is 0 Å². The van der Waals surface area contributed by atoms with Crippen LogP contribution in [0.5, 0.6) is 0 Å². The Balaban J connectivity index is 0. The summed E-state index contributed by atoms with van der Waals surface area (Å²) in [7, 11) is 9.89. The van der Waals surface area contributed by atoms with Gasteiger partial charge in [0, 0.05) is 5.92 Å². The summed E-state index contributed by atoms with van der Waals surface area (Å²) in [5.74, 6) is 1.47. The standard InChI is InChI=1S/C10H15.C2H4.2ClH.Ta/c1-6-7(2)9(4)10(5)8(6)3;1-2;;;/h1-5H3;1-2H2;2*1H;/q;;;;+2/p-2. The molecule has 0 saturated carbocycles. The Morgan fingerprint density at radius 3 is 1.00 bits per heavy atom. The van der Waals surface area contributed by atoms with Gasteiger partial charge in [0.15, 0.2) is 0 Å². The monoisotopic (exact) mass is 414 g/mol. The molecule has 0 amide bonds. The molecule has 1 aliphatic carbocycles. The molecule has 0 bridgehead atoms. The summed E-state index contributed by atoms with van der Waals surface area (Å²) in [6.45, 7) is 17.0. The van der Waals surface area contributed by atoms with Gasteiger partial charge in [-0.2, -0.15) is 0 Å². The third-order valence-corrected chi connectivity index (χ3v) is 2.81. The zero-order valence-corrected chi connectivity index (χ0v) is 14.8. The van der Waals surface area contributed by atoms with E-state index in [-0.39, 0.29) is 0 Å². The van der Waals surface area contributed by atoms with Crippen molar-refractivity contribution in [1.82, 2.24) is 0 Å². The Morgan fingerprint density at radius 2 is 0.933 bits per heavy atom. The second-order valence-corrected chi connectivity index (χ2v) is 7.83. The molecule has 0 saturated heterocycles. The minimum atomic E-state index is -0.889. The molecule has 0 atom stereocenters. The van der Waals surface area contributed by atoms with Crippen molar-refractivity contribution >= 4 is 18.4 Å². The first kappa shape index (κ1) is 17.9. The SMILES string of the molecule is C=C.C[C]1C(C)=C(C)C(C)=C1C.[Cl][Ta][Cl]. The number of hydrogen-bond acceptors (Lipinski definition) is 0. The van der Waals surface area contributed by atoms with Crippen LogP contribution in [0, 0.1) is 5.92 Å². The van der Waals surface area contributed by atoms with E-state index in [1.807, 2.05) is 0 Å². The first-order chi connectivity index (χ1) is 6.97. The van der Waals surface area contributed by atoms with Crippen LogP contribution in [0.4, 0.5) is 0 Å². The zero-order chi connectivity index (χ0) is 12.6. The van der Waals surface area contributed by atoms with Gasteiger partial charge in [-0.25, -0.2) is 0 Å². The van der Waals surface area contributed by atoms with E-state index in [2.05, 4.69) is 47.8 Å². The fourth-order valence-corrected chi connectivity index (χ4v) is 1.41.